The maximum atomic E-state index is 9.14. The summed E-state index contributed by atoms with van der Waals surface area (Å²) in [5, 5.41) is 18.3. The topological polar surface area (TPSA) is 43.7 Å². The molecule has 0 unspecified atom stereocenters. The van der Waals surface area contributed by atoms with Crippen LogP contribution >= 0.6 is 0 Å². The average Bonchev–Trinajstić information content (AvgIpc) is 2.28. The van der Waals surface area contributed by atoms with Gasteiger partial charge in [-0.1, -0.05) is 31.2 Å². The highest BCUT2D eigenvalue weighted by atomic mass is 16.4. The van der Waals surface area contributed by atoms with E-state index in [1.165, 1.54) is 0 Å². The highest BCUT2D eigenvalue weighted by Gasteiger charge is 2.13. The van der Waals surface area contributed by atoms with E-state index in [4.69, 9.17) is 10.0 Å². The molecule has 1 rings (SSSR count). The van der Waals surface area contributed by atoms with Gasteiger partial charge < -0.3 is 10.0 Å². The number of hydrogen-bond acceptors (Lipinski definition) is 3. The summed E-state index contributed by atoms with van der Waals surface area (Å²) >= 11 is 0. The molecule has 1 aromatic rings. The monoisotopic (exact) mass is 235 g/mol. The highest BCUT2D eigenvalue weighted by molar-refractivity contribution is 6.58. The summed E-state index contributed by atoms with van der Waals surface area (Å²) in [7, 11) is -1.38. The van der Waals surface area contributed by atoms with Gasteiger partial charge in [-0.15, -0.1) is 0 Å². The molecular weight excluding hydrogens is 213 g/mol. The van der Waals surface area contributed by atoms with E-state index in [0.29, 0.717) is 11.5 Å². The first-order valence-electron chi connectivity index (χ1n) is 6.23. The first-order chi connectivity index (χ1) is 8.04. The maximum Gasteiger partial charge on any atom is 0.488 e. The van der Waals surface area contributed by atoms with Gasteiger partial charge in [-0.2, -0.15) is 0 Å². The zero-order valence-electron chi connectivity index (χ0n) is 10.9. The molecule has 0 saturated carbocycles. The highest BCUT2D eigenvalue weighted by Crippen LogP contribution is 2.08. The molecule has 94 valence electrons. The standard InChI is InChI=1S/C13H22BNO2/c1-4-8-15(11(2)3)10-12-6-5-7-13(9-12)14(16)17/h5-7,9,11,16-17H,4,8,10H2,1-3H3. The van der Waals surface area contributed by atoms with Crippen LogP contribution in [0, 0.1) is 0 Å². The molecular formula is C13H22BNO2. The Morgan fingerprint density at radius 3 is 2.53 bits per heavy atom. The van der Waals surface area contributed by atoms with Crippen LogP contribution in [0.1, 0.15) is 32.8 Å². The molecule has 1 aromatic carbocycles. The van der Waals surface area contributed by atoms with Gasteiger partial charge in [0.15, 0.2) is 0 Å². The predicted molar refractivity (Wildman–Crippen MR) is 72.1 cm³/mol. The molecule has 0 aliphatic heterocycles. The number of benzene rings is 1. The number of hydrogen-bond donors (Lipinski definition) is 2. The van der Waals surface area contributed by atoms with E-state index in [1.807, 2.05) is 18.2 Å². The Morgan fingerprint density at radius 1 is 1.29 bits per heavy atom. The minimum atomic E-state index is -1.38. The van der Waals surface area contributed by atoms with Crippen LogP contribution in [0.2, 0.25) is 0 Å². The van der Waals surface area contributed by atoms with E-state index in [0.717, 1.165) is 25.1 Å². The third kappa shape index (κ3) is 4.50. The van der Waals surface area contributed by atoms with Crippen LogP contribution < -0.4 is 5.46 Å². The molecule has 3 nitrogen and oxygen atoms in total. The Kier molecular flexibility index (Phi) is 5.68. The van der Waals surface area contributed by atoms with E-state index < -0.39 is 7.12 Å². The predicted octanol–water partition coefficient (Wildman–Crippen LogP) is 0.987. The van der Waals surface area contributed by atoms with Gasteiger partial charge >= 0.3 is 7.12 Å². The summed E-state index contributed by atoms with van der Waals surface area (Å²) in [6.07, 6.45) is 1.13. The summed E-state index contributed by atoms with van der Waals surface area (Å²) in [6, 6.07) is 7.98. The zero-order valence-corrected chi connectivity index (χ0v) is 10.9. The van der Waals surface area contributed by atoms with Crippen LogP contribution in [0.25, 0.3) is 0 Å². The minimum absolute atomic E-state index is 0.498. The molecule has 2 N–H and O–H groups in total. The van der Waals surface area contributed by atoms with Crippen LogP contribution in [0.4, 0.5) is 0 Å². The Bertz CT molecular complexity index is 342. The number of rotatable bonds is 6. The van der Waals surface area contributed by atoms with Gasteiger partial charge in [0.05, 0.1) is 0 Å². The minimum Gasteiger partial charge on any atom is -0.423 e. The summed E-state index contributed by atoms with van der Waals surface area (Å²) in [6.45, 7) is 8.44. The molecule has 0 aliphatic rings. The fourth-order valence-corrected chi connectivity index (χ4v) is 1.89. The molecule has 17 heavy (non-hydrogen) atoms. The van der Waals surface area contributed by atoms with Crippen molar-refractivity contribution in [3.8, 4) is 0 Å². The van der Waals surface area contributed by atoms with Crippen molar-refractivity contribution in [2.24, 2.45) is 0 Å². The van der Waals surface area contributed by atoms with E-state index in [9.17, 15) is 0 Å². The van der Waals surface area contributed by atoms with Crippen LogP contribution in [0.3, 0.4) is 0 Å². The quantitative estimate of drug-likeness (QED) is 0.722. The average molecular weight is 235 g/mol. The fourth-order valence-electron chi connectivity index (χ4n) is 1.89. The van der Waals surface area contributed by atoms with Crippen LogP contribution in [-0.2, 0) is 6.54 Å². The molecule has 0 bridgehead atoms. The Hall–Kier alpha value is -0.835. The molecule has 0 heterocycles. The van der Waals surface area contributed by atoms with Crippen molar-refractivity contribution in [2.75, 3.05) is 6.54 Å². The summed E-state index contributed by atoms with van der Waals surface area (Å²) in [5.41, 5.74) is 1.68. The second-order valence-electron chi connectivity index (χ2n) is 4.68. The summed E-state index contributed by atoms with van der Waals surface area (Å²) in [4.78, 5) is 2.38. The summed E-state index contributed by atoms with van der Waals surface area (Å²) in [5.74, 6) is 0. The maximum absolute atomic E-state index is 9.14. The van der Waals surface area contributed by atoms with Gasteiger partial charge in [-0.05, 0) is 37.8 Å². The first-order valence-corrected chi connectivity index (χ1v) is 6.23. The van der Waals surface area contributed by atoms with Gasteiger partial charge in [0.2, 0.25) is 0 Å². The van der Waals surface area contributed by atoms with Crippen molar-refractivity contribution in [1.82, 2.24) is 4.90 Å². The van der Waals surface area contributed by atoms with E-state index in [-0.39, 0.29) is 0 Å². The van der Waals surface area contributed by atoms with Gasteiger partial charge in [0.25, 0.3) is 0 Å². The van der Waals surface area contributed by atoms with Crippen molar-refractivity contribution in [3.63, 3.8) is 0 Å². The zero-order chi connectivity index (χ0) is 12.8. The smallest absolute Gasteiger partial charge is 0.423 e. The lowest BCUT2D eigenvalue weighted by molar-refractivity contribution is 0.213. The Morgan fingerprint density at radius 2 is 2.00 bits per heavy atom. The van der Waals surface area contributed by atoms with Crippen LogP contribution in [0.15, 0.2) is 24.3 Å². The molecule has 0 fully saturated rings. The SMILES string of the molecule is CCCN(Cc1cccc(B(O)O)c1)C(C)C. The second-order valence-corrected chi connectivity index (χ2v) is 4.68. The lowest BCUT2D eigenvalue weighted by Crippen LogP contribution is -2.33. The van der Waals surface area contributed by atoms with Crippen LogP contribution in [-0.4, -0.2) is 34.7 Å². The van der Waals surface area contributed by atoms with Crippen molar-refractivity contribution in [3.05, 3.63) is 29.8 Å². The third-order valence-electron chi connectivity index (χ3n) is 2.88. The van der Waals surface area contributed by atoms with E-state index >= 15 is 0 Å². The van der Waals surface area contributed by atoms with E-state index in [1.54, 1.807) is 6.07 Å². The normalized spacial score (nSPS) is 11.2. The molecule has 0 saturated heterocycles. The van der Waals surface area contributed by atoms with Gasteiger partial charge in [0, 0.05) is 12.6 Å². The van der Waals surface area contributed by atoms with Gasteiger partial charge in [-0.3, -0.25) is 4.90 Å². The van der Waals surface area contributed by atoms with Gasteiger partial charge in [-0.25, -0.2) is 0 Å². The van der Waals surface area contributed by atoms with Crippen LogP contribution in [0.5, 0.6) is 0 Å². The molecule has 0 spiro atoms. The molecule has 4 heteroatoms. The largest absolute Gasteiger partial charge is 0.488 e. The summed E-state index contributed by atoms with van der Waals surface area (Å²) < 4.78 is 0. The third-order valence-corrected chi connectivity index (χ3v) is 2.88. The van der Waals surface area contributed by atoms with Crippen molar-refractivity contribution in [2.45, 2.75) is 39.8 Å². The Labute approximate surface area is 104 Å². The Balaban J connectivity index is 2.75. The van der Waals surface area contributed by atoms with Crippen molar-refractivity contribution in [1.29, 1.82) is 0 Å². The molecule has 0 radical (unpaired) electrons. The molecule has 0 amide bonds. The molecule has 0 aliphatic carbocycles. The first kappa shape index (κ1) is 14.2. The number of nitrogens with zero attached hydrogens (tertiary/aromatic N) is 1. The van der Waals surface area contributed by atoms with E-state index in [2.05, 4.69) is 25.7 Å². The lowest BCUT2D eigenvalue weighted by Gasteiger charge is -2.26. The van der Waals surface area contributed by atoms with Crippen molar-refractivity contribution >= 4 is 12.6 Å². The van der Waals surface area contributed by atoms with Gasteiger partial charge in [0.1, 0.15) is 0 Å². The molecule has 0 aromatic heterocycles. The van der Waals surface area contributed by atoms with Crippen molar-refractivity contribution < 1.29 is 10.0 Å². The molecule has 0 atom stereocenters. The lowest BCUT2D eigenvalue weighted by atomic mass is 9.79. The fraction of sp³-hybridized carbons (Fsp3) is 0.538. The second kappa shape index (κ2) is 6.79.